The molecule has 37 heavy (non-hydrogen) atoms. The van der Waals surface area contributed by atoms with Crippen LogP contribution in [0.4, 0.5) is 0 Å². The third-order valence-corrected chi connectivity index (χ3v) is 6.47. The topological polar surface area (TPSA) is 106 Å². The molecule has 0 aliphatic heterocycles. The molecule has 1 unspecified atom stereocenters. The summed E-state index contributed by atoms with van der Waals surface area (Å²) in [7, 11) is 0. The predicted octanol–water partition coefficient (Wildman–Crippen LogP) is 4.84. The van der Waals surface area contributed by atoms with E-state index in [4.69, 9.17) is 20.8 Å². The van der Waals surface area contributed by atoms with E-state index in [1.165, 1.54) is 0 Å². The first-order chi connectivity index (χ1) is 17.7. The maximum atomic E-state index is 12.8. The van der Waals surface area contributed by atoms with Gasteiger partial charge in [0.25, 0.3) is 5.91 Å². The van der Waals surface area contributed by atoms with Gasteiger partial charge in [0.05, 0.1) is 0 Å². The van der Waals surface area contributed by atoms with Crippen molar-refractivity contribution >= 4 is 34.4 Å². The largest absolute Gasteiger partial charge is 0.483 e. The molecule has 4 aromatic rings. The zero-order valence-corrected chi connectivity index (χ0v) is 21.2. The van der Waals surface area contributed by atoms with E-state index in [1.54, 1.807) is 43.3 Å². The molecule has 190 valence electrons. The van der Waals surface area contributed by atoms with Gasteiger partial charge in [0.1, 0.15) is 17.4 Å². The third kappa shape index (κ3) is 6.19. The lowest BCUT2D eigenvalue weighted by Crippen LogP contribution is -2.44. The second-order valence-electron chi connectivity index (χ2n) is 8.80. The Morgan fingerprint density at radius 3 is 2.35 bits per heavy atom. The highest BCUT2D eigenvalue weighted by Gasteiger charge is 2.21. The molecule has 0 fully saturated rings. The number of aryl methyl sites for hydroxylation is 2. The van der Waals surface area contributed by atoms with Crippen LogP contribution in [0.2, 0.25) is 5.02 Å². The van der Waals surface area contributed by atoms with Crippen LogP contribution in [-0.2, 0) is 22.4 Å². The zero-order chi connectivity index (χ0) is 26.5. The summed E-state index contributed by atoms with van der Waals surface area (Å²) in [6.45, 7) is 3.24. The number of hydrogen-bond acceptors (Lipinski definition) is 5. The molecule has 0 aliphatic carbocycles. The van der Waals surface area contributed by atoms with E-state index in [-0.39, 0.29) is 6.42 Å². The summed E-state index contributed by atoms with van der Waals surface area (Å²) in [5, 5.41) is 13.3. The zero-order valence-electron chi connectivity index (χ0n) is 20.4. The monoisotopic (exact) mass is 519 g/mol. The van der Waals surface area contributed by atoms with Crippen molar-refractivity contribution in [3.05, 3.63) is 110 Å². The predicted molar refractivity (Wildman–Crippen MR) is 141 cm³/mol. The minimum Gasteiger partial charge on any atom is -0.483 e. The van der Waals surface area contributed by atoms with E-state index in [0.717, 1.165) is 22.1 Å². The van der Waals surface area contributed by atoms with Crippen LogP contribution < -0.4 is 15.7 Å². The van der Waals surface area contributed by atoms with Gasteiger partial charge in [-0.2, -0.15) is 0 Å². The Morgan fingerprint density at radius 1 is 0.973 bits per heavy atom. The van der Waals surface area contributed by atoms with Crippen molar-refractivity contribution in [2.24, 2.45) is 0 Å². The van der Waals surface area contributed by atoms with Gasteiger partial charge >= 0.3 is 11.6 Å². The number of fused-ring (bicyclic) bond motifs is 1. The van der Waals surface area contributed by atoms with E-state index >= 15 is 0 Å². The van der Waals surface area contributed by atoms with Gasteiger partial charge in [-0.3, -0.25) is 4.79 Å². The molecule has 7 nitrogen and oxygen atoms in total. The van der Waals surface area contributed by atoms with Gasteiger partial charge in [0, 0.05) is 34.4 Å². The molecule has 0 aliphatic rings. The maximum Gasteiger partial charge on any atom is 0.340 e. The highest BCUT2D eigenvalue weighted by Crippen LogP contribution is 2.30. The molecule has 0 spiro atoms. The summed E-state index contributed by atoms with van der Waals surface area (Å²) in [5.41, 5.74) is 3.70. The number of benzene rings is 3. The standard InChI is InChI=1S/C29H26ClNO6/c1-17-22-12-13-25(18(2)27(22)37-29(35)23(17)14-19-6-4-3-5-7-19)36-16-26(32)31-24(28(33)34)15-20-8-10-21(30)11-9-20/h3-13,24H,14-16H2,1-2H3,(H,31,32)(H,33,34). The van der Waals surface area contributed by atoms with E-state index < -0.39 is 30.2 Å². The Balaban J connectivity index is 1.47. The van der Waals surface area contributed by atoms with Gasteiger partial charge in [-0.05, 0) is 54.8 Å². The van der Waals surface area contributed by atoms with Crippen molar-refractivity contribution < 1.29 is 23.8 Å². The van der Waals surface area contributed by atoms with Crippen molar-refractivity contribution in [3.8, 4) is 5.75 Å². The maximum absolute atomic E-state index is 12.8. The molecule has 1 heterocycles. The number of ether oxygens (including phenoxy) is 1. The molecule has 0 radical (unpaired) electrons. The van der Waals surface area contributed by atoms with Gasteiger partial charge < -0.3 is 19.6 Å². The van der Waals surface area contributed by atoms with Crippen LogP contribution >= 0.6 is 11.6 Å². The molecule has 1 amide bonds. The lowest BCUT2D eigenvalue weighted by atomic mass is 9.98. The van der Waals surface area contributed by atoms with Crippen LogP contribution in [0.5, 0.6) is 5.75 Å². The molecule has 1 aromatic heterocycles. The Bertz CT molecular complexity index is 1500. The van der Waals surface area contributed by atoms with Crippen LogP contribution in [0.1, 0.15) is 27.8 Å². The van der Waals surface area contributed by atoms with Gasteiger partial charge in [-0.15, -0.1) is 0 Å². The number of carbonyl (C=O) groups is 2. The Labute approximate surface area is 218 Å². The van der Waals surface area contributed by atoms with Crippen LogP contribution in [0.25, 0.3) is 11.0 Å². The van der Waals surface area contributed by atoms with Crippen LogP contribution in [-0.4, -0.2) is 29.6 Å². The minimum absolute atomic E-state index is 0.100. The number of nitrogens with one attached hydrogen (secondary N) is 1. The second-order valence-corrected chi connectivity index (χ2v) is 9.23. The average Bonchev–Trinajstić information content (AvgIpc) is 2.88. The van der Waals surface area contributed by atoms with Crippen molar-refractivity contribution in [2.75, 3.05) is 6.61 Å². The number of carboxylic acids is 1. The Hall–Kier alpha value is -4.10. The molecule has 3 aromatic carbocycles. The molecule has 4 rings (SSSR count). The van der Waals surface area contributed by atoms with Crippen LogP contribution in [0.15, 0.2) is 75.9 Å². The van der Waals surface area contributed by atoms with Crippen molar-refractivity contribution in [2.45, 2.75) is 32.7 Å². The number of aliphatic carboxylic acids is 1. The summed E-state index contributed by atoms with van der Waals surface area (Å²) in [5.74, 6) is -1.38. The highest BCUT2D eigenvalue weighted by molar-refractivity contribution is 6.30. The molecule has 2 N–H and O–H groups in total. The minimum atomic E-state index is -1.16. The average molecular weight is 520 g/mol. The Kier molecular flexibility index (Phi) is 7.94. The van der Waals surface area contributed by atoms with Gasteiger partial charge in [-0.1, -0.05) is 54.1 Å². The summed E-state index contributed by atoms with van der Waals surface area (Å²) in [4.78, 5) is 37.0. The summed E-state index contributed by atoms with van der Waals surface area (Å²) >= 11 is 5.87. The third-order valence-electron chi connectivity index (χ3n) is 6.22. The summed E-state index contributed by atoms with van der Waals surface area (Å²) in [6.07, 6.45) is 0.562. The molecule has 8 heteroatoms. The Morgan fingerprint density at radius 2 is 1.68 bits per heavy atom. The van der Waals surface area contributed by atoms with Gasteiger partial charge in [0.2, 0.25) is 0 Å². The fourth-order valence-electron chi connectivity index (χ4n) is 4.17. The van der Waals surface area contributed by atoms with E-state index in [1.807, 2.05) is 37.3 Å². The van der Waals surface area contributed by atoms with E-state index in [0.29, 0.717) is 33.9 Å². The summed E-state index contributed by atoms with van der Waals surface area (Å²) < 4.78 is 11.3. The summed E-state index contributed by atoms with van der Waals surface area (Å²) in [6, 6.07) is 18.8. The van der Waals surface area contributed by atoms with Gasteiger partial charge in [-0.25, -0.2) is 9.59 Å². The SMILES string of the molecule is Cc1c(Cc2ccccc2)c(=O)oc2c(C)c(OCC(=O)NC(Cc3ccc(Cl)cc3)C(=O)O)ccc12. The van der Waals surface area contributed by atoms with Gasteiger partial charge in [0.15, 0.2) is 6.61 Å². The number of halogens is 1. The first kappa shape index (κ1) is 26.0. The van der Waals surface area contributed by atoms with E-state index in [9.17, 15) is 19.5 Å². The fourth-order valence-corrected chi connectivity index (χ4v) is 4.29. The number of carboxylic acid groups (broad SMARTS) is 1. The number of amides is 1. The molecular weight excluding hydrogens is 494 g/mol. The molecule has 0 bridgehead atoms. The van der Waals surface area contributed by atoms with Crippen molar-refractivity contribution in [1.82, 2.24) is 5.32 Å². The van der Waals surface area contributed by atoms with Crippen molar-refractivity contribution in [3.63, 3.8) is 0 Å². The molecule has 1 atom stereocenters. The quantitative estimate of drug-likeness (QED) is 0.306. The van der Waals surface area contributed by atoms with Crippen molar-refractivity contribution in [1.29, 1.82) is 0 Å². The second kappa shape index (κ2) is 11.3. The van der Waals surface area contributed by atoms with E-state index in [2.05, 4.69) is 5.32 Å². The number of rotatable bonds is 9. The number of hydrogen-bond donors (Lipinski definition) is 2. The number of carbonyl (C=O) groups excluding carboxylic acids is 1. The lowest BCUT2D eigenvalue weighted by Gasteiger charge is -2.16. The molecule has 0 saturated carbocycles. The molecule has 0 saturated heterocycles. The van der Waals surface area contributed by atoms with Crippen LogP contribution in [0.3, 0.4) is 0 Å². The normalized spacial score (nSPS) is 11.8. The lowest BCUT2D eigenvalue weighted by molar-refractivity contribution is -0.142. The first-order valence-electron chi connectivity index (χ1n) is 11.7. The van der Waals surface area contributed by atoms with Crippen LogP contribution in [0, 0.1) is 13.8 Å². The smallest absolute Gasteiger partial charge is 0.340 e. The fraction of sp³-hybridized carbons (Fsp3) is 0.207. The highest BCUT2D eigenvalue weighted by atomic mass is 35.5. The first-order valence-corrected chi connectivity index (χ1v) is 12.1. The molecular formula is C29H26ClNO6.